The van der Waals surface area contributed by atoms with E-state index in [0.717, 1.165) is 0 Å². The molecule has 13 heavy (non-hydrogen) atoms. The van der Waals surface area contributed by atoms with Gasteiger partial charge in [-0.3, -0.25) is 10.1 Å². The van der Waals surface area contributed by atoms with E-state index in [0.29, 0.717) is 5.69 Å². The molecule has 5 heteroatoms. The molecule has 1 heterocycles. The van der Waals surface area contributed by atoms with Gasteiger partial charge in [0.2, 0.25) is 5.91 Å². The summed E-state index contributed by atoms with van der Waals surface area (Å²) >= 11 is 0. The lowest BCUT2D eigenvalue weighted by Gasteiger charge is -1.99. The van der Waals surface area contributed by atoms with Gasteiger partial charge in [-0.2, -0.15) is 10.2 Å². The maximum atomic E-state index is 11.1. The first-order valence-corrected chi connectivity index (χ1v) is 3.76. The van der Waals surface area contributed by atoms with Crippen molar-refractivity contribution in [3.63, 3.8) is 0 Å². The number of hydrogen-bond donors (Lipinski definition) is 1. The van der Waals surface area contributed by atoms with Crippen LogP contribution < -0.4 is 5.32 Å². The van der Waals surface area contributed by atoms with Gasteiger partial charge in [0.05, 0.1) is 11.8 Å². The third-order valence-electron chi connectivity index (χ3n) is 1.44. The molecule has 0 saturated heterocycles. The van der Waals surface area contributed by atoms with E-state index < -0.39 is 11.8 Å². The summed E-state index contributed by atoms with van der Waals surface area (Å²) in [6, 6.07) is 1.94. The van der Waals surface area contributed by atoms with E-state index in [2.05, 4.69) is 10.3 Å². The zero-order valence-corrected chi connectivity index (χ0v) is 7.37. The molecule has 0 spiro atoms. The first-order valence-electron chi connectivity index (χ1n) is 3.76. The Morgan fingerprint density at radius 1 is 1.85 bits per heavy atom. The predicted octanol–water partition coefficient (Wildman–Crippen LogP) is 1.08. The predicted molar refractivity (Wildman–Crippen MR) is 44.6 cm³/mol. The number of amides is 1. The highest BCUT2D eigenvalue weighted by molar-refractivity contribution is 5.91. The van der Waals surface area contributed by atoms with Crippen LogP contribution in [0.2, 0.25) is 0 Å². The minimum absolute atomic E-state index is 0.129. The first-order chi connectivity index (χ1) is 6.13. The zero-order chi connectivity index (χ0) is 9.84. The standard InChI is InChI=1S/C8H9N3O2/c1-5(3-9)7(12)11-8-10-6(2)4-13-8/h4-5H,1-2H3,(H,10,11,12). The lowest BCUT2D eigenvalue weighted by molar-refractivity contribution is -0.118. The van der Waals surface area contributed by atoms with Gasteiger partial charge in [0.15, 0.2) is 0 Å². The minimum Gasteiger partial charge on any atom is -0.432 e. The number of oxazole rings is 1. The molecule has 1 unspecified atom stereocenters. The van der Waals surface area contributed by atoms with Gasteiger partial charge >= 0.3 is 6.01 Å². The summed E-state index contributed by atoms with van der Waals surface area (Å²) in [5.41, 5.74) is 0.680. The molecule has 0 aliphatic carbocycles. The van der Waals surface area contributed by atoms with E-state index >= 15 is 0 Å². The average Bonchev–Trinajstić information content (AvgIpc) is 2.49. The summed E-state index contributed by atoms with van der Waals surface area (Å²) in [5, 5.41) is 10.8. The van der Waals surface area contributed by atoms with E-state index in [1.807, 2.05) is 6.07 Å². The van der Waals surface area contributed by atoms with Gasteiger partial charge in [0.1, 0.15) is 12.2 Å². The Labute approximate surface area is 75.4 Å². The lowest BCUT2D eigenvalue weighted by atomic mass is 10.2. The largest absolute Gasteiger partial charge is 0.432 e. The number of anilines is 1. The van der Waals surface area contributed by atoms with Crippen LogP contribution >= 0.6 is 0 Å². The fourth-order valence-corrected chi connectivity index (χ4v) is 0.684. The highest BCUT2D eigenvalue weighted by Crippen LogP contribution is 2.07. The summed E-state index contributed by atoms with van der Waals surface area (Å²) in [5.74, 6) is -1.11. The Hall–Kier alpha value is -1.83. The third-order valence-corrected chi connectivity index (χ3v) is 1.44. The van der Waals surface area contributed by atoms with Gasteiger partial charge < -0.3 is 4.42 Å². The van der Waals surface area contributed by atoms with Gasteiger partial charge in [0.25, 0.3) is 0 Å². The fraction of sp³-hybridized carbons (Fsp3) is 0.375. The molecule has 0 aliphatic heterocycles. The lowest BCUT2D eigenvalue weighted by Crippen LogP contribution is -2.19. The van der Waals surface area contributed by atoms with Crippen molar-refractivity contribution in [2.75, 3.05) is 5.32 Å². The summed E-state index contributed by atoms with van der Waals surface area (Å²) in [6.45, 7) is 3.25. The molecule has 1 aromatic rings. The molecular formula is C8H9N3O2. The Morgan fingerprint density at radius 2 is 2.54 bits per heavy atom. The van der Waals surface area contributed by atoms with Gasteiger partial charge in [-0.05, 0) is 13.8 Å². The van der Waals surface area contributed by atoms with Crippen molar-refractivity contribution in [1.29, 1.82) is 5.26 Å². The van der Waals surface area contributed by atoms with Crippen LogP contribution in [0, 0.1) is 24.2 Å². The third kappa shape index (κ3) is 2.30. The smallest absolute Gasteiger partial charge is 0.301 e. The number of nitrogens with zero attached hydrogens (tertiary/aromatic N) is 2. The minimum atomic E-state index is -0.702. The van der Waals surface area contributed by atoms with E-state index in [1.54, 1.807) is 6.92 Å². The monoisotopic (exact) mass is 179 g/mol. The molecule has 0 bridgehead atoms. The van der Waals surface area contributed by atoms with Crippen LogP contribution in [0.3, 0.4) is 0 Å². The normalized spacial score (nSPS) is 11.8. The molecule has 1 rings (SSSR count). The summed E-state index contributed by atoms with van der Waals surface area (Å²) < 4.78 is 4.88. The maximum Gasteiger partial charge on any atom is 0.301 e. The number of hydrogen-bond acceptors (Lipinski definition) is 4. The topological polar surface area (TPSA) is 78.9 Å². The highest BCUT2D eigenvalue weighted by atomic mass is 16.4. The van der Waals surface area contributed by atoms with Crippen LogP contribution in [-0.4, -0.2) is 10.9 Å². The van der Waals surface area contributed by atoms with Crippen LogP contribution in [-0.2, 0) is 4.79 Å². The number of carbonyl (C=O) groups excluding carboxylic acids is 1. The van der Waals surface area contributed by atoms with Gasteiger partial charge in [-0.15, -0.1) is 0 Å². The van der Waals surface area contributed by atoms with Crippen molar-refractivity contribution in [3.05, 3.63) is 12.0 Å². The molecule has 1 atom stereocenters. The van der Waals surface area contributed by atoms with Crippen molar-refractivity contribution in [1.82, 2.24) is 4.98 Å². The molecule has 0 radical (unpaired) electrons. The second-order valence-corrected chi connectivity index (χ2v) is 2.63. The SMILES string of the molecule is Cc1coc(NC(=O)C(C)C#N)n1. The van der Waals surface area contributed by atoms with E-state index in [9.17, 15) is 4.79 Å². The van der Waals surface area contributed by atoms with Crippen LogP contribution in [0.5, 0.6) is 0 Å². The summed E-state index contributed by atoms with van der Waals surface area (Å²) in [7, 11) is 0. The Balaban J connectivity index is 2.61. The quantitative estimate of drug-likeness (QED) is 0.736. The van der Waals surface area contributed by atoms with E-state index in [-0.39, 0.29) is 6.01 Å². The molecule has 0 aromatic carbocycles. The summed E-state index contributed by atoms with van der Waals surface area (Å²) in [6.07, 6.45) is 1.42. The number of aromatic nitrogens is 1. The number of rotatable bonds is 2. The van der Waals surface area contributed by atoms with Crippen LogP contribution in [0.4, 0.5) is 6.01 Å². The Kier molecular flexibility index (Phi) is 2.65. The molecule has 0 aliphatic rings. The number of nitriles is 1. The average molecular weight is 179 g/mol. The van der Waals surface area contributed by atoms with E-state index in [1.165, 1.54) is 13.2 Å². The van der Waals surface area contributed by atoms with E-state index in [4.69, 9.17) is 9.68 Å². The molecule has 5 nitrogen and oxygen atoms in total. The second kappa shape index (κ2) is 3.72. The van der Waals surface area contributed by atoms with Crippen molar-refractivity contribution >= 4 is 11.9 Å². The van der Waals surface area contributed by atoms with Crippen molar-refractivity contribution < 1.29 is 9.21 Å². The molecule has 1 N–H and O–H groups in total. The molecule has 68 valence electrons. The second-order valence-electron chi connectivity index (χ2n) is 2.63. The van der Waals surface area contributed by atoms with Crippen molar-refractivity contribution in [3.8, 4) is 6.07 Å². The molecular weight excluding hydrogens is 170 g/mol. The van der Waals surface area contributed by atoms with Crippen LogP contribution in [0.1, 0.15) is 12.6 Å². The Morgan fingerprint density at radius 3 is 3.00 bits per heavy atom. The van der Waals surface area contributed by atoms with Gasteiger partial charge in [0, 0.05) is 0 Å². The molecule has 0 saturated carbocycles. The summed E-state index contributed by atoms with van der Waals surface area (Å²) in [4.78, 5) is 15.0. The molecule has 1 aromatic heterocycles. The van der Waals surface area contributed by atoms with Crippen LogP contribution in [0.25, 0.3) is 0 Å². The first kappa shape index (κ1) is 9.26. The number of aryl methyl sites for hydroxylation is 1. The number of nitrogens with one attached hydrogen (secondary N) is 1. The van der Waals surface area contributed by atoms with Crippen molar-refractivity contribution in [2.45, 2.75) is 13.8 Å². The highest BCUT2D eigenvalue weighted by Gasteiger charge is 2.13. The van der Waals surface area contributed by atoms with Gasteiger partial charge in [-0.1, -0.05) is 0 Å². The van der Waals surface area contributed by atoms with Gasteiger partial charge in [-0.25, -0.2) is 0 Å². The maximum absolute atomic E-state index is 11.1. The molecule has 0 fully saturated rings. The Bertz CT molecular complexity index is 351. The zero-order valence-electron chi connectivity index (χ0n) is 7.37. The van der Waals surface area contributed by atoms with Crippen LogP contribution in [0.15, 0.2) is 10.7 Å². The molecule has 1 amide bonds. The number of carbonyl (C=O) groups is 1. The van der Waals surface area contributed by atoms with Crippen molar-refractivity contribution in [2.24, 2.45) is 5.92 Å². The fourth-order valence-electron chi connectivity index (χ4n) is 0.684.